The first-order chi connectivity index (χ1) is 11.0. The third kappa shape index (κ3) is 3.87. The van der Waals surface area contributed by atoms with Gasteiger partial charge in [-0.3, -0.25) is 0 Å². The standard InChI is InChI=1S/C19H17O2PS/c1-23(20,21)22-18-14-8-13-17(15-9-4-2-5-10-15)19(18)16-11-6-3-7-12-16/h2-14,22H,1H3. The fraction of sp³-hybridized carbons (Fsp3) is 0.0526. The van der Waals surface area contributed by atoms with E-state index in [2.05, 4.69) is 12.1 Å². The molecule has 0 radical (unpaired) electrons. The van der Waals surface area contributed by atoms with E-state index >= 15 is 0 Å². The zero-order chi connectivity index (χ0) is 16.3. The lowest BCUT2D eigenvalue weighted by Crippen LogP contribution is -2.05. The summed E-state index contributed by atoms with van der Waals surface area (Å²) < 4.78 is 23.7. The van der Waals surface area contributed by atoms with Crippen molar-refractivity contribution in [3.05, 3.63) is 78.9 Å². The van der Waals surface area contributed by atoms with E-state index in [1.165, 1.54) is 6.26 Å². The van der Waals surface area contributed by atoms with Gasteiger partial charge in [0.1, 0.15) is 0 Å². The zero-order valence-electron chi connectivity index (χ0n) is 12.7. The first kappa shape index (κ1) is 15.9. The van der Waals surface area contributed by atoms with Gasteiger partial charge in [-0.25, -0.2) is 8.42 Å². The third-order valence-corrected chi connectivity index (χ3v) is 6.29. The predicted molar refractivity (Wildman–Crippen MR) is 100 cm³/mol. The number of hydrogen-bond donors (Lipinski definition) is 0. The molecule has 3 rings (SSSR count). The van der Waals surface area contributed by atoms with Gasteiger partial charge in [0.25, 0.3) is 0 Å². The lowest BCUT2D eigenvalue weighted by atomic mass is 9.94. The second-order valence-electron chi connectivity index (χ2n) is 5.33. The molecule has 23 heavy (non-hydrogen) atoms. The van der Waals surface area contributed by atoms with Gasteiger partial charge in [0.15, 0.2) is 9.46 Å². The molecular weight excluding hydrogens is 323 g/mol. The average molecular weight is 340 g/mol. The largest absolute Gasteiger partial charge is 0.225 e. The van der Waals surface area contributed by atoms with Crippen molar-refractivity contribution in [1.82, 2.24) is 0 Å². The lowest BCUT2D eigenvalue weighted by Gasteiger charge is -2.15. The van der Waals surface area contributed by atoms with E-state index in [9.17, 15) is 8.42 Å². The highest BCUT2D eigenvalue weighted by molar-refractivity contribution is 8.45. The van der Waals surface area contributed by atoms with Crippen LogP contribution in [0.15, 0.2) is 78.9 Å². The molecule has 4 heteroatoms. The lowest BCUT2D eigenvalue weighted by molar-refractivity contribution is 0.615. The van der Waals surface area contributed by atoms with Crippen LogP contribution in [0.2, 0.25) is 0 Å². The number of benzene rings is 3. The van der Waals surface area contributed by atoms with Crippen LogP contribution in [-0.2, 0) is 9.46 Å². The summed E-state index contributed by atoms with van der Waals surface area (Å²) in [5.74, 6) is 0. The molecule has 0 aliphatic heterocycles. The van der Waals surface area contributed by atoms with Crippen LogP contribution in [0.4, 0.5) is 0 Å². The highest BCUT2D eigenvalue weighted by Crippen LogP contribution is 2.35. The van der Waals surface area contributed by atoms with Crippen LogP contribution >= 0.6 is 7.78 Å². The molecule has 0 aliphatic rings. The molecule has 2 nitrogen and oxygen atoms in total. The van der Waals surface area contributed by atoms with Crippen LogP contribution in [-0.4, -0.2) is 14.7 Å². The zero-order valence-corrected chi connectivity index (χ0v) is 14.5. The van der Waals surface area contributed by atoms with E-state index in [0.717, 1.165) is 27.6 Å². The summed E-state index contributed by atoms with van der Waals surface area (Å²) in [5.41, 5.74) is 4.19. The van der Waals surface area contributed by atoms with Gasteiger partial charge in [0, 0.05) is 14.0 Å². The van der Waals surface area contributed by atoms with Gasteiger partial charge in [0.05, 0.1) is 0 Å². The van der Waals surface area contributed by atoms with E-state index in [0.29, 0.717) is 0 Å². The second-order valence-corrected chi connectivity index (χ2v) is 10.5. The molecule has 3 aromatic carbocycles. The van der Waals surface area contributed by atoms with Gasteiger partial charge in [-0.1, -0.05) is 78.9 Å². The summed E-state index contributed by atoms with van der Waals surface area (Å²) in [4.78, 5) is 0. The first-order valence-corrected chi connectivity index (χ1v) is 10.9. The second kappa shape index (κ2) is 6.66. The van der Waals surface area contributed by atoms with Crippen LogP contribution in [0, 0.1) is 0 Å². The van der Waals surface area contributed by atoms with Crippen molar-refractivity contribution < 1.29 is 8.42 Å². The normalized spacial score (nSPS) is 11.9. The quantitative estimate of drug-likeness (QED) is 0.664. The van der Waals surface area contributed by atoms with Crippen molar-refractivity contribution in [3.8, 4) is 22.3 Å². The first-order valence-electron chi connectivity index (χ1n) is 7.26. The minimum atomic E-state index is -3.08. The summed E-state index contributed by atoms with van der Waals surface area (Å²) in [6.45, 7) is 0. The van der Waals surface area contributed by atoms with Gasteiger partial charge in [-0.15, -0.1) is 0 Å². The molecule has 0 saturated heterocycles. The molecule has 116 valence electrons. The Morgan fingerprint density at radius 1 is 0.696 bits per heavy atom. The van der Waals surface area contributed by atoms with Crippen molar-refractivity contribution in [2.75, 3.05) is 6.26 Å². The SMILES string of the molecule is CS(=O)(=O)Pc1cccc(-c2ccccc2)c1-c1ccccc1. The van der Waals surface area contributed by atoms with Crippen molar-refractivity contribution in [2.24, 2.45) is 0 Å². The maximum Gasteiger partial charge on any atom is 0.165 e. The van der Waals surface area contributed by atoms with Crippen molar-refractivity contribution in [3.63, 3.8) is 0 Å². The van der Waals surface area contributed by atoms with E-state index in [1.54, 1.807) is 0 Å². The molecule has 0 saturated carbocycles. The molecule has 0 bridgehead atoms. The Morgan fingerprint density at radius 2 is 1.26 bits per heavy atom. The predicted octanol–water partition coefficient (Wildman–Crippen LogP) is 4.28. The van der Waals surface area contributed by atoms with E-state index in [1.807, 2.05) is 66.7 Å². The van der Waals surface area contributed by atoms with Crippen LogP contribution < -0.4 is 5.30 Å². The van der Waals surface area contributed by atoms with E-state index < -0.39 is 9.46 Å². The van der Waals surface area contributed by atoms with Gasteiger partial charge < -0.3 is 0 Å². The molecule has 0 N–H and O–H groups in total. The van der Waals surface area contributed by atoms with Gasteiger partial charge in [-0.05, 0) is 27.6 Å². The van der Waals surface area contributed by atoms with E-state index in [-0.39, 0.29) is 7.78 Å². The average Bonchev–Trinajstić information content (AvgIpc) is 2.55. The Morgan fingerprint density at radius 3 is 1.83 bits per heavy atom. The van der Waals surface area contributed by atoms with Gasteiger partial charge in [0.2, 0.25) is 0 Å². The van der Waals surface area contributed by atoms with E-state index in [4.69, 9.17) is 0 Å². The number of hydrogen-bond acceptors (Lipinski definition) is 2. The summed E-state index contributed by atoms with van der Waals surface area (Å²) in [6, 6.07) is 25.9. The molecular formula is C19H17O2PS. The topological polar surface area (TPSA) is 34.1 Å². The smallest absolute Gasteiger partial charge is 0.165 e. The van der Waals surface area contributed by atoms with Crippen molar-refractivity contribution >= 4 is 22.5 Å². The van der Waals surface area contributed by atoms with Gasteiger partial charge in [-0.2, -0.15) is 0 Å². The van der Waals surface area contributed by atoms with Crippen LogP contribution in [0.1, 0.15) is 0 Å². The molecule has 0 aromatic heterocycles. The highest BCUT2D eigenvalue weighted by atomic mass is 32.8. The Kier molecular flexibility index (Phi) is 4.61. The molecule has 0 heterocycles. The fourth-order valence-corrected chi connectivity index (χ4v) is 5.26. The summed E-state index contributed by atoms with van der Waals surface area (Å²) >= 11 is 0. The third-order valence-electron chi connectivity index (χ3n) is 3.51. The number of rotatable bonds is 4. The van der Waals surface area contributed by atoms with Crippen LogP contribution in [0.3, 0.4) is 0 Å². The van der Waals surface area contributed by atoms with Gasteiger partial charge >= 0.3 is 0 Å². The Balaban J connectivity index is 2.27. The molecule has 3 aromatic rings. The Labute approximate surface area is 138 Å². The minimum absolute atomic E-state index is 0.248. The van der Waals surface area contributed by atoms with Crippen LogP contribution in [0.25, 0.3) is 22.3 Å². The Bertz CT molecular complexity index is 905. The monoisotopic (exact) mass is 340 g/mol. The molecule has 1 atom stereocenters. The molecule has 0 fully saturated rings. The maximum atomic E-state index is 11.8. The van der Waals surface area contributed by atoms with Crippen molar-refractivity contribution in [2.45, 2.75) is 0 Å². The maximum absolute atomic E-state index is 11.8. The summed E-state index contributed by atoms with van der Waals surface area (Å²) in [6.07, 6.45) is 1.29. The summed E-state index contributed by atoms with van der Waals surface area (Å²) in [5, 5.41) is 0.861. The van der Waals surface area contributed by atoms with Crippen LogP contribution in [0.5, 0.6) is 0 Å². The Hall–Kier alpha value is -1.96. The molecule has 0 amide bonds. The highest BCUT2D eigenvalue weighted by Gasteiger charge is 2.15. The summed E-state index contributed by atoms with van der Waals surface area (Å²) in [7, 11) is -3.33. The molecule has 0 spiro atoms. The molecule has 0 aliphatic carbocycles. The fourth-order valence-electron chi connectivity index (χ4n) is 2.61. The minimum Gasteiger partial charge on any atom is -0.225 e. The molecule has 1 unspecified atom stereocenters. The van der Waals surface area contributed by atoms with Crippen molar-refractivity contribution in [1.29, 1.82) is 0 Å².